The zero-order chi connectivity index (χ0) is 26.5. The molecule has 4 aromatic rings. The zero-order valence-corrected chi connectivity index (χ0v) is 21.1. The van der Waals surface area contributed by atoms with E-state index in [9.17, 15) is 19.1 Å². The van der Waals surface area contributed by atoms with E-state index in [1.165, 1.54) is 12.1 Å². The molecule has 5 nitrogen and oxygen atoms in total. The number of halogens is 1. The van der Waals surface area contributed by atoms with Gasteiger partial charge in [0.05, 0.1) is 11.1 Å². The van der Waals surface area contributed by atoms with E-state index in [0.717, 1.165) is 16.7 Å². The van der Waals surface area contributed by atoms with E-state index in [1.807, 2.05) is 48.7 Å². The van der Waals surface area contributed by atoms with Crippen molar-refractivity contribution in [2.24, 2.45) is 11.8 Å². The van der Waals surface area contributed by atoms with Gasteiger partial charge in [0.15, 0.2) is 0 Å². The highest BCUT2D eigenvalue weighted by atomic mass is 19.1. The van der Waals surface area contributed by atoms with Gasteiger partial charge in [-0.3, -0.25) is 9.59 Å². The number of amides is 1. The van der Waals surface area contributed by atoms with Crippen LogP contribution in [0.4, 0.5) is 4.39 Å². The van der Waals surface area contributed by atoms with Crippen molar-refractivity contribution in [3.63, 3.8) is 0 Å². The molecule has 0 radical (unpaired) electrons. The Bertz CT molecular complexity index is 1420. The van der Waals surface area contributed by atoms with Crippen molar-refractivity contribution < 1.29 is 19.1 Å². The Morgan fingerprint density at radius 2 is 1.62 bits per heavy atom. The van der Waals surface area contributed by atoms with E-state index < -0.39 is 17.7 Å². The van der Waals surface area contributed by atoms with Crippen LogP contribution in [0, 0.1) is 17.7 Å². The predicted octanol–water partition coefficient (Wildman–Crippen LogP) is 6.88. The third-order valence-corrected chi connectivity index (χ3v) is 6.71. The molecule has 0 saturated heterocycles. The second-order valence-corrected chi connectivity index (χ2v) is 9.73. The van der Waals surface area contributed by atoms with Crippen LogP contribution in [-0.4, -0.2) is 21.6 Å². The van der Waals surface area contributed by atoms with Gasteiger partial charge in [0.1, 0.15) is 5.82 Å². The van der Waals surface area contributed by atoms with Crippen LogP contribution in [0.2, 0.25) is 0 Å². The molecule has 0 saturated carbocycles. The quantitative estimate of drug-likeness (QED) is 0.250. The monoisotopic (exact) mass is 498 g/mol. The van der Waals surface area contributed by atoms with Crippen molar-refractivity contribution in [1.29, 1.82) is 0 Å². The van der Waals surface area contributed by atoms with E-state index in [1.54, 1.807) is 12.3 Å². The zero-order valence-electron chi connectivity index (χ0n) is 21.1. The summed E-state index contributed by atoms with van der Waals surface area (Å²) >= 11 is 0. The van der Waals surface area contributed by atoms with Crippen molar-refractivity contribution in [3.8, 4) is 11.1 Å². The highest BCUT2D eigenvalue weighted by Gasteiger charge is 2.21. The second kappa shape index (κ2) is 11.2. The second-order valence-electron chi connectivity index (χ2n) is 9.73. The summed E-state index contributed by atoms with van der Waals surface area (Å²) in [6.45, 7) is 8.32. The van der Waals surface area contributed by atoms with Crippen LogP contribution in [0.5, 0.6) is 0 Å². The maximum Gasteiger partial charge on any atom is 0.303 e. The summed E-state index contributed by atoms with van der Waals surface area (Å²) in [5.74, 6) is -1.71. The van der Waals surface area contributed by atoms with E-state index in [4.69, 9.17) is 0 Å². The lowest BCUT2D eigenvalue weighted by atomic mass is 9.88. The highest BCUT2D eigenvalue weighted by molar-refractivity contribution is 6.06. The first-order valence-electron chi connectivity index (χ1n) is 12.4. The number of carboxylic acid groups (broad SMARTS) is 1. The summed E-state index contributed by atoms with van der Waals surface area (Å²) < 4.78 is 16.5. The van der Waals surface area contributed by atoms with Gasteiger partial charge in [0.25, 0.3) is 5.91 Å². The Kier molecular flexibility index (Phi) is 7.87. The standard InChI is InChI=1S/C31H31FN2O3/c1-20(2)25(18-29(35)36)17-21(3)33-31(37)27-13-14-28(32)26-15-16-34(30(26)27)19-22-9-11-24(12-10-22)23-7-5-4-6-8-23/h4-16,20,25H,3,17-19H2,1-2H3,(H,33,37)(H,35,36)/t25-/m1/s1. The maximum absolute atomic E-state index is 14.6. The first-order chi connectivity index (χ1) is 17.7. The molecule has 3 aromatic carbocycles. The first kappa shape index (κ1) is 25.9. The van der Waals surface area contributed by atoms with Gasteiger partial charge in [-0.15, -0.1) is 0 Å². The summed E-state index contributed by atoms with van der Waals surface area (Å²) in [5.41, 5.74) is 4.53. The van der Waals surface area contributed by atoms with Crippen LogP contribution in [0.15, 0.2) is 91.3 Å². The number of carbonyl (C=O) groups excluding carboxylic acids is 1. The van der Waals surface area contributed by atoms with Crippen LogP contribution >= 0.6 is 0 Å². The highest BCUT2D eigenvalue weighted by Crippen LogP contribution is 2.27. The minimum Gasteiger partial charge on any atom is -0.481 e. The van der Waals surface area contributed by atoms with Crippen molar-refractivity contribution in [2.75, 3.05) is 0 Å². The number of carbonyl (C=O) groups is 2. The van der Waals surface area contributed by atoms with Gasteiger partial charge < -0.3 is 15.0 Å². The first-order valence-corrected chi connectivity index (χ1v) is 12.4. The van der Waals surface area contributed by atoms with Crippen LogP contribution < -0.4 is 5.32 Å². The number of nitrogens with one attached hydrogen (secondary N) is 1. The van der Waals surface area contributed by atoms with Gasteiger partial charge in [-0.2, -0.15) is 0 Å². The number of fused-ring (bicyclic) bond motifs is 1. The average Bonchev–Trinajstić information content (AvgIpc) is 3.29. The smallest absolute Gasteiger partial charge is 0.303 e. The average molecular weight is 499 g/mol. The summed E-state index contributed by atoms with van der Waals surface area (Å²) in [6, 6.07) is 22.7. The normalized spacial score (nSPS) is 12.0. The summed E-state index contributed by atoms with van der Waals surface area (Å²) in [7, 11) is 0. The molecule has 0 spiro atoms. The van der Waals surface area contributed by atoms with Gasteiger partial charge in [-0.1, -0.05) is 75.0 Å². The van der Waals surface area contributed by atoms with Crippen LogP contribution in [0.25, 0.3) is 22.0 Å². The molecule has 0 fully saturated rings. The van der Waals surface area contributed by atoms with Gasteiger partial charge in [-0.25, -0.2) is 4.39 Å². The molecule has 0 aliphatic heterocycles. The van der Waals surface area contributed by atoms with Crippen LogP contribution in [0.1, 0.15) is 42.6 Å². The Morgan fingerprint density at radius 1 is 0.946 bits per heavy atom. The number of carboxylic acids is 1. The fourth-order valence-electron chi connectivity index (χ4n) is 4.60. The van der Waals surface area contributed by atoms with Gasteiger partial charge >= 0.3 is 5.97 Å². The molecular formula is C31H31FN2O3. The Labute approximate surface area is 216 Å². The molecule has 4 rings (SSSR count). The van der Waals surface area contributed by atoms with Crippen molar-refractivity contribution >= 4 is 22.8 Å². The Balaban J connectivity index is 1.56. The van der Waals surface area contributed by atoms with Gasteiger partial charge in [0.2, 0.25) is 0 Å². The molecule has 1 atom stereocenters. The number of hydrogen-bond acceptors (Lipinski definition) is 2. The van der Waals surface area contributed by atoms with E-state index in [2.05, 4.69) is 36.2 Å². The minimum absolute atomic E-state index is 0.000731. The third kappa shape index (κ3) is 6.15. The minimum atomic E-state index is -0.882. The molecule has 0 unspecified atom stereocenters. The van der Waals surface area contributed by atoms with E-state index in [-0.39, 0.29) is 18.3 Å². The predicted molar refractivity (Wildman–Crippen MR) is 145 cm³/mol. The molecule has 2 N–H and O–H groups in total. The molecule has 1 heterocycles. The van der Waals surface area contributed by atoms with Crippen molar-refractivity contribution in [1.82, 2.24) is 9.88 Å². The summed E-state index contributed by atoms with van der Waals surface area (Å²) in [6.07, 6.45) is 2.14. The number of nitrogens with zero attached hydrogens (tertiary/aromatic N) is 1. The Morgan fingerprint density at radius 3 is 2.27 bits per heavy atom. The molecule has 0 bridgehead atoms. The summed E-state index contributed by atoms with van der Waals surface area (Å²) in [5, 5.41) is 12.4. The number of aliphatic carboxylic acids is 1. The molecule has 190 valence electrons. The third-order valence-electron chi connectivity index (χ3n) is 6.71. The molecule has 37 heavy (non-hydrogen) atoms. The van der Waals surface area contributed by atoms with Crippen LogP contribution in [0.3, 0.4) is 0 Å². The summed E-state index contributed by atoms with van der Waals surface area (Å²) in [4.78, 5) is 24.4. The van der Waals surface area contributed by atoms with Crippen molar-refractivity contribution in [3.05, 3.63) is 108 Å². The molecule has 1 amide bonds. The SMILES string of the molecule is C=C(C[C@H](CC(=O)O)C(C)C)NC(=O)c1ccc(F)c2ccn(Cc3ccc(-c4ccccc4)cc3)c12. The van der Waals surface area contributed by atoms with Gasteiger partial charge in [-0.05, 0) is 53.1 Å². The maximum atomic E-state index is 14.6. The number of benzene rings is 3. The molecule has 0 aliphatic carbocycles. The van der Waals surface area contributed by atoms with Crippen LogP contribution in [-0.2, 0) is 11.3 Å². The molecule has 0 aliphatic rings. The topological polar surface area (TPSA) is 71.3 Å². The lowest BCUT2D eigenvalue weighted by molar-refractivity contribution is -0.138. The largest absolute Gasteiger partial charge is 0.481 e. The molecular weight excluding hydrogens is 467 g/mol. The fourth-order valence-corrected chi connectivity index (χ4v) is 4.60. The lowest BCUT2D eigenvalue weighted by Gasteiger charge is -2.20. The van der Waals surface area contributed by atoms with Crippen molar-refractivity contribution in [2.45, 2.75) is 33.2 Å². The number of rotatable bonds is 10. The number of aromatic nitrogens is 1. The number of allylic oxidation sites excluding steroid dienone is 1. The number of hydrogen-bond donors (Lipinski definition) is 2. The fraction of sp³-hybridized carbons (Fsp3) is 0.226. The van der Waals surface area contributed by atoms with Gasteiger partial charge in [0, 0.05) is 30.2 Å². The van der Waals surface area contributed by atoms with E-state index in [0.29, 0.717) is 35.1 Å². The Hall–Kier alpha value is -4.19. The molecule has 1 aromatic heterocycles. The lowest BCUT2D eigenvalue weighted by Crippen LogP contribution is -2.26. The molecule has 6 heteroatoms. The van der Waals surface area contributed by atoms with E-state index >= 15 is 0 Å².